The van der Waals surface area contributed by atoms with Crippen molar-refractivity contribution in [2.24, 2.45) is 5.92 Å². The minimum atomic E-state index is -0.435. The van der Waals surface area contributed by atoms with E-state index < -0.39 is 5.91 Å². The Morgan fingerprint density at radius 1 is 1.03 bits per heavy atom. The Hall–Kier alpha value is -4.54. The Morgan fingerprint density at radius 3 is 2.47 bits per heavy atom. The van der Waals surface area contributed by atoms with Gasteiger partial charge in [-0.25, -0.2) is 0 Å². The molecule has 3 N–H and O–H groups in total. The lowest BCUT2D eigenvalue weighted by Crippen LogP contribution is -2.27. The fraction of sp³-hybridized carbons (Fsp3) is 0.333. The van der Waals surface area contributed by atoms with Gasteiger partial charge < -0.3 is 25.6 Å². The predicted molar refractivity (Wildman–Crippen MR) is 141 cm³/mol. The number of hydrogen-bond acceptors (Lipinski definition) is 8. The Morgan fingerprint density at radius 2 is 1.82 bits per heavy atom. The van der Waals surface area contributed by atoms with E-state index in [2.05, 4.69) is 31.1 Å². The third-order valence-electron chi connectivity index (χ3n) is 6.60. The summed E-state index contributed by atoms with van der Waals surface area (Å²) in [5.74, 6) is 0.160. The van der Waals surface area contributed by atoms with Gasteiger partial charge in [-0.2, -0.15) is 0 Å². The summed E-state index contributed by atoms with van der Waals surface area (Å²) in [6, 6.07) is 10.6. The van der Waals surface area contributed by atoms with Crippen LogP contribution in [0.25, 0.3) is 11.3 Å². The Labute approximate surface area is 220 Å². The van der Waals surface area contributed by atoms with Gasteiger partial charge >= 0.3 is 0 Å². The van der Waals surface area contributed by atoms with Gasteiger partial charge in [-0.1, -0.05) is 6.07 Å². The van der Waals surface area contributed by atoms with E-state index in [0.29, 0.717) is 33.9 Å². The number of ether oxygens (including phenoxy) is 1. The minimum Gasteiger partial charge on any atom is -0.494 e. The maximum atomic E-state index is 12.7. The van der Waals surface area contributed by atoms with Crippen LogP contribution in [0.3, 0.4) is 0 Å². The van der Waals surface area contributed by atoms with Crippen molar-refractivity contribution in [3.8, 4) is 17.0 Å². The van der Waals surface area contributed by atoms with Gasteiger partial charge in [0, 0.05) is 43.9 Å². The van der Waals surface area contributed by atoms with Gasteiger partial charge in [0.15, 0.2) is 17.3 Å². The Kier molecular flexibility index (Phi) is 7.16. The molecule has 1 saturated heterocycles. The molecule has 3 heterocycles. The van der Waals surface area contributed by atoms with Crippen LogP contribution in [0.4, 0.5) is 17.2 Å². The van der Waals surface area contributed by atoms with Crippen LogP contribution in [-0.2, 0) is 4.79 Å². The summed E-state index contributed by atoms with van der Waals surface area (Å²) in [5, 5.41) is 16.6. The van der Waals surface area contributed by atoms with Crippen molar-refractivity contribution in [1.82, 2.24) is 25.4 Å². The molecule has 11 heteroatoms. The number of carbonyl (C=O) groups is 3. The average molecular weight is 516 g/mol. The molecule has 1 saturated carbocycles. The molecule has 2 fully saturated rings. The molecular weight excluding hydrogens is 486 g/mol. The smallest absolute Gasteiger partial charge is 0.273 e. The number of likely N-dealkylation sites (tertiary alicyclic amines) is 1. The zero-order valence-corrected chi connectivity index (χ0v) is 21.3. The number of nitrogens with zero attached hydrogens (tertiary/aromatic N) is 4. The molecule has 0 bridgehead atoms. The van der Waals surface area contributed by atoms with E-state index in [1.807, 2.05) is 17.0 Å². The number of nitrogens with one attached hydrogen (secondary N) is 3. The van der Waals surface area contributed by atoms with Crippen molar-refractivity contribution in [3.63, 3.8) is 0 Å². The second-order valence-corrected chi connectivity index (χ2v) is 9.28. The molecule has 2 aliphatic rings. The molecule has 1 aliphatic heterocycles. The maximum absolute atomic E-state index is 12.7. The highest BCUT2D eigenvalue weighted by Crippen LogP contribution is 2.38. The standard InChI is InChI=1S/C27H29N7O4/c1-28-26(36)23-21(14-22(32-33-23)31-25(35)16-8-9-16)30-20-7-5-6-18(24(20)38-2)19-11-10-17(15-29-19)27(37)34-12-3-4-13-34/h5-7,10-11,14-16H,3-4,8-9,12-13H2,1-2H3,(H,28,36)(H2,30,31,32,35). The van der Waals surface area contributed by atoms with Crippen LogP contribution >= 0.6 is 0 Å². The molecule has 5 rings (SSSR count). The summed E-state index contributed by atoms with van der Waals surface area (Å²) in [4.78, 5) is 43.8. The van der Waals surface area contributed by atoms with Gasteiger partial charge in [-0.3, -0.25) is 19.4 Å². The van der Waals surface area contributed by atoms with Crippen LogP contribution in [0, 0.1) is 5.92 Å². The van der Waals surface area contributed by atoms with Crippen LogP contribution < -0.4 is 20.7 Å². The number of amides is 3. The van der Waals surface area contributed by atoms with E-state index in [4.69, 9.17) is 4.74 Å². The summed E-state index contributed by atoms with van der Waals surface area (Å²) in [7, 11) is 3.04. The van der Waals surface area contributed by atoms with Crippen molar-refractivity contribution >= 4 is 34.9 Å². The van der Waals surface area contributed by atoms with Crippen LogP contribution in [-0.4, -0.2) is 65.0 Å². The number of benzene rings is 1. The van der Waals surface area contributed by atoms with Gasteiger partial charge in [0.2, 0.25) is 5.91 Å². The lowest BCUT2D eigenvalue weighted by atomic mass is 10.1. The molecule has 2 aromatic heterocycles. The predicted octanol–water partition coefficient (Wildman–Crippen LogP) is 3.23. The van der Waals surface area contributed by atoms with E-state index in [-0.39, 0.29) is 29.2 Å². The molecule has 0 atom stereocenters. The number of hydrogen-bond donors (Lipinski definition) is 3. The van der Waals surface area contributed by atoms with Crippen LogP contribution in [0.1, 0.15) is 46.5 Å². The monoisotopic (exact) mass is 515 g/mol. The summed E-state index contributed by atoms with van der Waals surface area (Å²) >= 11 is 0. The lowest BCUT2D eigenvalue weighted by Gasteiger charge is -2.17. The number of para-hydroxylation sites is 1. The highest BCUT2D eigenvalue weighted by molar-refractivity contribution is 6.00. The second kappa shape index (κ2) is 10.8. The van der Waals surface area contributed by atoms with E-state index in [1.165, 1.54) is 7.05 Å². The number of rotatable bonds is 8. The third kappa shape index (κ3) is 5.26. The first-order valence-corrected chi connectivity index (χ1v) is 12.6. The van der Waals surface area contributed by atoms with Crippen LogP contribution in [0.2, 0.25) is 0 Å². The molecule has 1 aliphatic carbocycles. The fourth-order valence-electron chi connectivity index (χ4n) is 4.39. The highest BCUT2D eigenvalue weighted by atomic mass is 16.5. The van der Waals surface area contributed by atoms with E-state index in [9.17, 15) is 14.4 Å². The first-order chi connectivity index (χ1) is 18.5. The Bertz CT molecular complexity index is 1370. The van der Waals surface area contributed by atoms with Crippen molar-refractivity contribution in [3.05, 3.63) is 53.9 Å². The number of pyridine rings is 1. The molecule has 196 valence electrons. The number of aromatic nitrogens is 3. The summed E-state index contributed by atoms with van der Waals surface area (Å²) in [6.45, 7) is 1.55. The van der Waals surface area contributed by atoms with Gasteiger partial charge in [0.1, 0.15) is 0 Å². The summed E-state index contributed by atoms with van der Waals surface area (Å²) in [5.41, 5.74) is 2.83. The van der Waals surface area contributed by atoms with Gasteiger partial charge in [0.25, 0.3) is 11.8 Å². The first-order valence-electron chi connectivity index (χ1n) is 12.6. The molecule has 3 amide bonds. The zero-order valence-electron chi connectivity index (χ0n) is 21.3. The van der Waals surface area contributed by atoms with Gasteiger partial charge in [-0.15, -0.1) is 10.2 Å². The SMILES string of the molecule is CNC(=O)c1nnc(NC(=O)C2CC2)cc1Nc1cccc(-c2ccc(C(=O)N3CCCC3)cn2)c1OC. The third-order valence-corrected chi connectivity index (χ3v) is 6.60. The zero-order chi connectivity index (χ0) is 26.6. The second-order valence-electron chi connectivity index (χ2n) is 9.28. The van der Waals surface area contributed by atoms with E-state index in [1.54, 1.807) is 37.6 Å². The maximum Gasteiger partial charge on any atom is 0.273 e. The molecule has 38 heavy (non-hydrogen) atoms. The molecule has 1 aromatic carbocycles. The molecule has 0 spiro atoms. The number of anilines is 3. The molecule has 3 aromatic rings. The van der Waals surface area contributed by atoms with E-state index in [0.717, 1.165) is 38.8 Å². The van der Waals surface area contributed by atoms with Crippen molar-refractivity contribution in [2.45, 2.75) is 25.7 Å². The minimum absolute atomic E-state index is 0.00636. The number of carbonyl (C=O) groups excluding carboxylic acids is 3. The fourth-order valence-corrected chi connectivity index (χ4v) is 4.39. The summed E-state index contributed by atoms with van der Waals surface area (Å²) < 4.78 is 5.74. The quantitative estimate of drug-likeness (QED) is 0.416. The molecular formula is C27H29N7O4. The van der Waals surface area contributed by atoms with Gasteiger partial charge in [-0.05, 0) is 49.9 Å². The van der Waals surface area contributed by atoms with Crippen LogP contribution in [0.5, 0.6) is 5.75 Å². The highest BCUT2D eigenvalue weighted by Gasteiger charge is 2.30. The van der Waals surface area contributed by atoms with Gasteiger partial charge in [0.05, 0.1) is 29.7 Å². The average Bonchev–Trinajstić information content (AvgIpc) is 3.66. The molecule has 0 unspecified atom stereocenters. The van der Waals surface area contributed by atoms with Crippen molar-refractivity contribution in [2.75, 3.05) is 37.9 Å². The number of methoxy groups -OCH3 is 1. The molecule has 11 nitrogen and oxygen atoms in total. The largest absolute Gasteiger partial charge is 0.494 e. The first kappa shape index (κ1) is 25.1. The van der Waals surface area contributed by atoms with Crippen molar-refractivity contribution < 1.29 is 19.1 Å². The summed E-state index contributed by atoms with van der Waals surface area (Å²) in [6.07, 6.45) is 5.34. The Balaban J connectivity index is 1.44. The molecule has 0 radical (unpaired) electrons. The van der Waals surface area contributed by atoms with E-state index >= 15 is 0 Å². The van der Waals surface area contributed by atoms with Crippen LogP contribution in [0.15, 0.2) is 42.6 Å². The van der Waals surface area contributed by atoms with Crippen molar-refractivity contribution in [1.29, 1.82) is 0 Å². The normalized spacial score (nSPS) is 14.6. The lowest BCUT2D eigenvalue weighted by molar-refractivity contribution is -0.117. The topological polar surface area (TPSA) is 138 Å².